The molecule has 0 heterocycles. The van der Waals surface area contributed by atoms with Crippen LogP contribution in [0.3, 0.4) is 0 Å². The largest absolute Gasteiger partial charge is 0.494 e. The van der Waals surface area contributed by atoms with Crippen LogP contribution in [0.25, 0.3) is 0 Å². The Morgan fingerprint density at radius 2 is 1.59 bits per heavy atom. The second kappa shape index (κ2) is 12.1. The highest BCUT2D eigenvalue weighted by Gasteiger charge is 2.14. The van der Waals surface area contributed by atoms with Gasteiger partial charge in [-0.1, -0.05) is 29.8 Å². The van der Waals surface area contributed by atoms with Gasteiger partial charge in [0, 0.05) is 22.8 Å². The van der Waals surface area contributed by atoms with Gasteiger partial charge in [-0.2, -0.15) is 0 Å². The van der Waals surface area contributed by atoms with Gasteiger partial charge in [-0.25, -0.2) is 0 Å². The lowest BCUT2D eigenvalue weighted by atomic mass is 10.0. The molecule has 3 rings (SSSR count). The molecule has 0 amide bonds. The summed E-state index contributed by atoms with van der Waals surface area (Å²) in [6.45, 7) is 10.2. The van der Waals surface area contributed by atoms with Crippen molar-refractivity contribution in [3.05, 3.63) is 95.0 Å². The van der Waals surface area contributed by atoms with Crippen molar-refractivity contribution in [1.29, 1.82) is 0 Å². The van der Waals surface area contributed by atoms with Crippen molar-refractivity contribution < 1.29 is 14.2 Å². The summed E-state index contributed by atoms with van der Waals surface area (Å²) in [5.41, 5.74) is 4.23. The van der Waals surface area contributed by atoms with Crippen LogP contribution in [0.2, 0.25) is 5.02 Å². The molecule has 0 fully saturated rings. The zero-order valence-electron chi connectivity index (χ0n) is 18.7. The minimum absolute atomic E-state index is 0.436. The molecule has 0 saturated heterocycles. The third-order valence-corrected chi connectivity index (χ3v) is 5.07. The molecule has 0 atom stereocenters. The fraction of sp³-hybridized carbons (Fsp3) is 0.259. The van der Waals surface area contributed by atoms with Gasteiger partial charge in [-0.3, -0.25) is 0 Å². The molecule has 3 aromatic rings. The molecule has 0 unspecified atom stereocenters. The highest BCUT2D eigenvalue weighted by Crippen LogP contribution is 2.35. The Balaban J connectivity index is 1.77. The molecule has 4 nitrogen and oxygen atoms in total. The maximum Gasteiger partial charge on any atom is 0.165 e. The van der Waals surface area contributed by atoms with E-state index in [0.717, 1.165) is 39.6 Å². The van der Waals surface area contributed by atoms with Crippen LogP contribution >= 0.6 is 11.6 Å². The van der Waals surface area contributed by atoms with E-state index in [0.29, 0.717) is 37.8 Å². The third kappa shape index (κ3) is 6.69. The van der Waals surface area contributed by atoms with Gasteiger partial charge in [-0.15, -0.1) is 6.58 Å². The van der Waals surface area contributed by atoms with E-state index in [1.54, 1.807) is 0 Å². The molecule has 32 heavy (non-hydrogen) atoms. The van der Waals surface area contributed by atoms with Crippen LogP contribution in [-0.2, 0) is 19.6 Å². The Morgan fingerprint density at radius 3 is 2.25 bits per heavy atom. The SMILES string of the molecule is C=CCc1cc(CNc2ccc(OCC)cc2)cc(OCC)c1OCc1ccc(Cl)cc1. The maximum atomic E-state index is 6.20. The molecule has 168 valence electrons. The lowest BCUT2D eigenvalue weighted by Crippen LogP contribution is -2.06. The van der Waals surface area contributed by atoms with Gasteiger partial charge in [0.15, 0.2) is 11.5 Å². The lowest BCUT2D eigenvalue weighted by Gasteiger charge is -2.18. The molecule has 0 bridgehead atoms. The van der Waals surface area contributed by atoms with Crippen LogP contribution in [0.15, 0.2) is 73.3 Å². The molecule has 3 aromatic carbocycles. The molecule has 0 saturated carbocycles. The summed E-state index contributed by atoms with van der Waals surface area (Å²) in [7, 11) is 0. The third-order valence-electron chi connectivity index (χ3n) is 4.81. The Hall–Kier alpha value is -3.11. The second-order valence-corrected chi connectivity index (χ2v) is 7.67. The van der Waals surface area contributed by atoms with E-state index < -0.39 is 0 Å². The zero-order chi connectivity index (χ0) is 22.8. The molecule has 0 aromatic heterocycles. The van der Waals surface area contributed by atoms with E-state index in [-0.39, 0.29) is 0 Å². The Bertz CT molecular complexity index is 1000. The van der Waals surface area contributed by atoms with E-state index in [4.69, 9.17) is 25.8 Å². The predicted molar refractivity (Wildman–Crippen MR) is 132 cm³/mol. The smallest absolute Gasteiger partial charge is 0.165 e. The first-order chi connectivity index (χ1) is 15.6. The maximum absolute atomic E-state index is 6.20. The van der Waals surface area contributed by atoms with Gasteiger partial charge >= 0.3 is 0 Å². The van der Waals surface area contributed by atoms with Crippen LogP contribution in [0.4, 0.5) is 5.69 Å². The van der Waals surface area contributed by atoms with Crippen molar-refractivity contribution in [2.75, 3.05) is 18.5 Å². The minimum Gasteiger partial charge on any atom is -0.494 e. The van der Waals surface area contributed by atoms with Gasteiger partial charge in [0.1, 0.15) is 12.4 Å². The number of hydrogen-bond donors (Lipinski definition) is 1. The number of allylic oxidation sites excluding steroid dienone is 1. The van der Waals surface area contributed by atoms with E-state index >= 15 is 0 Å². The average Bonchev–Trinajstić information content (AvgIpc) is 2.80. The summed E-state index contributed by atoms with van der Waals surface area (Å²) in [4.78, 5) is 0. The zero-order valence-corrected chi connectivity index (χ0v) is 19.5. The standard InChI is InChI=1S/C27H30ClNO3/c1-4-7-22-16-21(18-29-24-12-14-25(15-13-24)30-5-2)17-26(31-6-3)27(22)32-19-20-8-10-23(28)11-9-20/h4,8-17,29H,1,5-7,18-19H2,2-3H3. The Labute approximate surface area is 195 Å². The highest BCUT2D eigenvalue weighted by molar-refractivity contribution is 6.30. The number of halogens is 1. The van der Waals surface area contributed by atoms with E-state index in [9.17, 15) is 0 Å². The molecular weight excluding hydrogens is 422 g/mol. The number of rotatable bonds is 12. The monoisotopic (exact) mass is 451 g/mol. The fourth-order valence-corrected chi connectivity index (χ4v) is 3.46. The van der Waals surface area contributed by atoms with Crippen LogP contribution in [0, 0.1) is 0 Å². The van der Waals surface area contributed by atoms with Crippen molar-refractivity contribution in [2.24, 2.45) is 0 Å². The summed E-state index contributed by atoms with van der Waals surface area (Å²) < 4.78 is 17.7. The summed E-state index contributed by atoms with van der Waals surface area (Å²) in [6.07, 6.45) is 2.57. The lowest BCUT2D eigenvalue weighted by molar-refractivity contribution is 0.267. The van der Waals surface area contributed by atoms with Crippen molar-refractivity contribution in [3.63, 3.8) is 0 Å². The van der Waals surface area contributed by atoms with E-state index in [1.807, 2.05) is 74.5 Å². The predicted octanol–water partition coefficient (Wildman–Crippen LogP) is 7.06. The van der Waals surface area contributed by atoms with E-state index in [2.05, 4.69) is 18.0 Å². The van der Waals surface area contributed by atoms with Crippen molar-refractivity contribution in [3.8, 4) is 17.2 Å². The van der Waals surface area contributed by atoms with Gasteiger partial charge < -0.3 is 19.5 Å². The normalized spacial score (nSPS) is 10.5. The number of benzene rings is 3. The van der Waals surface area contributed by atoms with Crippen molar-refractivity contribution in [1.82, 2.24) is 0 Å². The quantitative estimate of drug-likeness (QED) is 0.299. The summed E-state index contributed by atoms with van der Waals surface area (Å²) in [5.74, 6) is 2.36. The minimum atomic E-state index is 0.436. The van der Waals surface area contributed by atoms with Crippen LogP contribution in [-0.4, -0.2) is 13.2 Å². The topological polar surface area (TPSA) is 39.7 Å². The van der Waals surface area contributed by atoms with Crippen LogP contribution in [0.5, 0.6) is 17.2 Å². The van der Waals surface area contributed by atoms with Crippen LogP contribution in [0.1, 0.15) is 30.5 Å². The first-order valence-corrected chi connectivity index (χ1v) is 11.2. The first-order valence-electron chi connectivity index (χ1n) is 10.9. The summed E-state index contributed by atoms with van der Waals surface area (Å²) in [5, 5.41) is 4.17. The molecule has 0 aliphatic carbocycles. The fourth-order valence-electron chi connectivity index (χ4n) is 3.33. The van der Waals surface area contributed by atoms with Crippen molar-refractivity contribution in [2.45, 2.75) is 33.4 Å². The van der Waals surface area contributed by atoms with Gasteiger partial charge in [0.05, 0.1) is 13.2 Å². The summed E-state index contributed by atoms with van der Waals surface area (Å²) in [6, 6.07) is 19.8. The molecule has 0 aliphatic rings. The van der Waals surface area contributed by atoms with Gasteiger partial charge in [0.2, 0.25) is 0 Å². The van der Waals surface area contributed by atoms with Gasteiger partial charge in [0.25, 0.3) is 0 Å². The number of ether oxygens (including phenoxy) is 3. The molecular formula is C27H30ClNO3. The molecule has 0 radical (unpaired) electrons. The first kappa shape index (κ1) is 23.6. The number of anilines is 1. The molecule has 1 N–H and O–H groups in total. The van der Waals surface area contributed by atoms with Crippen LogP contribution < -0.4 is 19.5 Å². The van der Waals surface area contributed by atoms with Gasteiger partial charge in [-0.05, 0) is 79.9 Å². The molecule has 5 heteroatoms. The molecule has 0 aliphatic heterocycles. The summed E-state index contributed by atoms with van der Waals surface area (Å²) >= 11 is 5.99. The Kier molecular flexibility index (Phi) is 8.88. The van der Waals surface area contributed by atoms with E-state index in [1.165, 1.54) is 0 Å². The number of hydrogen-bond acceptors (Lipinski definition) is 4. The Morgan fingerprint density at radius 1 is 0.875 bits per heavy atom. The molecule has 0 spiro atoms. The average molecular weight is 452 g/mol. The van der Waals surface area contributed by atoms with Crippen molar-refractivity contribution >= 4 is 17.3 Å². The highest BCUT2D eigenvalue weighted by atomic mass is 35.5. The number of nitrogens with one attached hydrogen (secondary N) is 1. The second-order valence-electron chi connectivity index (χ2n) is 7.23.